The Morgan fingerprint density at radius 2 is 1.80 bits per heavy atom. The summed E-state index contributed by atoms with van der Waals surface area (Å²) in [6.45, 7) is 8.22. The van der Waals surface area contributed by atoms with Crippen LogP contribution in [0.25, 0.3) is 0 Å². The van der Waals surface area contributed by atoms with Crippen molar-refractivity contribution in [3.05, 3.63) is 24.3 Å². The lowest BCUT2D eigenvalue weighted by Crippen LogP contribution is -2.52. The van der Waals surface area contributed by atoms with Crippen molar-refractivity contribution < 1.29 is 19.0 Å². The number of nitrogens with zero attached hydrogens (tertiary/aromatic N) is 2. The van der Waals surface area contributed by atoms with Crippen LogP contribution in [-0.2, 0) is 9.53 Å². The standard InChI is InChI=1S/C19H28N2O4/c1-2-23-16-5-7-17(8-6-16)24-15-13-20-9-11-21(12-10-20)19(22)18-4-3-14-25-18/h5-8,18H,2-4,9-15H2,1H3. The first kappa shape index (κ1) is 18.0. The third-order valence-corrected chi connectivity index (χ3v) is 4.70. The molecule has 2 aliphatic rings. The molecule has 0 radical (unpaired) electrons. The molecule has 0 bridgehead atoms. The van der Waals surface area contributed by atoms with Gasteiger partial charge in [0.1, 0.15) is 24.2 Å². The summed E-state index contributed by atoms with van der Waals surface area (Å²) >= 11 is 0. The Balaban J connectivity index is 1.34. The van der Waals surface area contributed by atoms with E-state index >= 15 is 0 Å². The quantitative estimate of drug-likeness (QED) is 0.752. The van der Waals surface area contributed by atoms with Crippen LogP contribution in [0, 0.1) is 0 Å². The van der Waals surface area contributed by atoms with Gasteiger partial charge in [-0.25, -0.2) is 0 Å². The first-order valence-electron chi connectivity index (χ1n) is 9.24. The number of hydrogen-bond acceptors (Lipinski definition) is 5. The van der Waals surface area contributed by atoms with Gasteiger partial charge in [0.15, 0.2) is 0 Å². The average molecular weight is 348 g/mol. The van der Waals surface area contributed by atoms with E-state index in [2.05, 4.69) is 4.90 Å². The summed E-state index contributed by atoms with van der Waals surface area (Å²) in [5.41, 5.74) is 0. The van der Waals surface area contributed by atoms with Gasteiger partial charge in [-0.05, 0) is 44.0 Å². The molecule has 138 valence electrons. The van der Waals surface area contributed by atoms with E-state index in [0.717, 1.165) is 63.7 Å². The predicted molar refractivity (Wildman–Crippen MR) is 95.1 cm³/mol. The molecule has 1 unspecified atom stereocenters. The highest BCUT2D eigenvalue weighted by Gasteiger charge is 2.30. The minimum absolute atomic E-state index is 0.169. The fourth-order valence-corrected chi connectivity index (χ4v) is 3.26. The summed E-state index contributed by atoms with van der Waals surface area (Å²) in [7, 11) is 0. The van der Waals surface area contributed by atoms with Crippen molar-refractivity contribution in [3.8, 4) is 11.5 Å². The number of hydrogen-bond donors (Lipinski definition) is 0. The van der Waals surface area contributed by atoms with Crippen LogP contribution in [-0.4, -0.2) is 74.4 Å². The summed E-state index contributed by atoms with van der Waals surface area (Å²) in [6, 6.07) is 7.72. The van der Waals surface area contributed by atoms with Crippen molar-refractivity contribution in [2.24, 2.45) is 0 Å². The summed E-state index contributed by atoms with van der Waals surface area (Å²) in [6.07, 6.45) is 1.67. The monoisotopic (exact) mass is 348 g/mol. The Morgan fingerprint density at radius 3 is 2.40 bits per heavy atom. The predicted octanol–water partition coefficient (Wildman–Crippen LogP) is 1.79. The van der Waals surface area contributed by atoms with Gasteiger partial charge in [-0.1, -0.05) is 0 Å². The molecule has 1 aromatic carbocycles. The Hall–Kier alpha value is -1.79. The highest BCUT2D eigenvalue weighted by molar-refractivity contribution is 5.81. The second-order valence-corrected chi connectivity index (χ2v) is 6.42. The molecule has 3 rings (SSSR count). The van der Waals surface area contributed by atoms with Gasteiger partial charge in [-0.2, -0.15) is 0 Å². The first-order valence-corrected chi connectivity index (χ1v) is 9.24. The molecule has 6 nitrogen and oxygen atoms in total. The molecule has 1 aromatic rings. The second kappa shape index (κ2) is 9.06. The Labute approximate surface area is 149 Å². The molecule has 0 aliphatic carbocycles. The Kier molecular flexibility index (Phi) is 6.53. The molecule has 2 saturated heterocycles. The number of rotatable bonds is 7. The van der Waals surface area contributed by atoms with Crippen LogP contribution in [0.2, 0.25) is 0 Å². The zero-order valence-electron chi connectivity index (χ0n) is 15.0. The topological polar surface area (TPSA) is 51.2 Å². The van der Waals surface area contributed by atoms with E-state index < -0.39 is 0 Å². The van der Waals surface area contributed by atoms with E-state index in [4.69, 9.17) is 14.2 Å². The Bertz CT molecular complexity index is 535. The highest BCUT2D eigenvalue weighted by atomic mass is 16.5. The molecule has 0 spiro atoms. The fraction of sp³-hybridized carbons (Fsp3) is 0.632. The summed E-state index contributed by atoms with van der Waals surface area (Å²) in [5, 5.41) is 0. The van der Waals surface area contributed by atoms with E-state index in [1.54, 1.807) is 0 Å². The second-order valence-electron chi connectivity index (χ2n) is 6.42. The normalized spacial score (nSPS) is 21.3. The molecule has 25 heavy (non-hydrogen) atoms. The zero-order valence-corrected chi connectivity index (χ0v) is 15.0. The van der Waals surface area contributed by atoms with Crippen LogP contribution in [0.5, 0.6) is 11.5 Å². The van der Waals surface area contributed by atoms with Crippen molar-refractivity contribution in [1.82, 2.24) is 9.80 Å². The largest absolute Gasteiger partial charge is 0.494 e. The number of piperazine rings is 1. The smallest absolute Gasteiger partial charge is 0.251 e. The number of carbonyl (C=O) groups excluding carboxylic acids is 1. The summed E-state index contributed by atoms with van der Waals surface area (Å²) < 4.78 is 16.7. The molecule has 2 heterocycles. The maximum Gasteiger partial charge on any atom is 0.251 e. The third kappa shape index (κ3) is 5.09. The first-order chi connectivity index (χ1) is 12.3. The lowest BCUT2D eigenvalue weighted by molar-refractivity contribution is -0.142. The molecule has 2 aliphatic heterocycles. The lowest BCUT2D eigenvalue weighted by Gasteiger charge is -2.35. The van der Waals surface area contributed by atoms with Crippen molar-refractivity contribution in [2.45, 2.75) is 25.9 Å². The van der Waals surface area contributed by atoms with E-state index in [1.807, 2.05) is 36.1 Å². The maximum atomic E-state index is 12.3. The number of carbonyl (C=O) groups is 1. The zero-order chi connectivity index (χ0) is 17.5. The maximum absolute atomic E-state index is 12.3. The van der Waals surface area contributed by atoms with Crippen molar-refractivity contribution in [1.29, 1.82) is 0 Å². The van der Waals surface area contributed by atoms with Crippen molar-refractivity contribution >= 4 is 5.91 Å². The summed E-state index contributed by atoms with van der Waals surface area (Å²) in [4.78, 5) is 16.6. The summed E-state index contributed by atoms with van der Waals surface area (Å²) in [5.74, 6) is 1.89. The average Bonchev–Trinajstić information content (AvgIpc) is 3.18. The van der Waals surface area contributed by atoms with Crippen LogP contribution >= 0.6 is 0 Å². The van der Waals surface area contributed by atoms with Crippen molar-refractivity contribution in [3.63, 3.8) is 0 Å². The van der Waals surface area contributed by atoms with Crippen LogP contribution in [0.15, 0.2) is 24.3 Å². The fourth-order valence-electron chi connectivity index (χ4n) is 3.26. The molecule has 0 aromatic heterocycles. The minimum atomic E-state index is -0.199. The SMILES string of the molecule is CCOc1ccc(OCCN2CCN(C(=O)C3CCCO3)CC2)cc1. The number of ether oxygens (including phenoxy) is 3. The van der Waals surface area contributed by atoms with Gasteiger partial charge in [0.2, 0.25) is 0 Å². The highest BCUT2D eigenvalue weighted by Crippen LogP contribution is 2.18. The van der Waals surface area contributed by atoms with Gasteiger partial charge in [0.05, 0.1) is 6.61 Å². The van der Waals surface area contributed by atoms with Crippen LogP contribution < -0.4 is 9.47 Å². The van der Waals surface area contributed by atoms with E-state index in [9.17, 15) is 4.79 Å². The molecular formula is C19H28N2O4. The van der Waals surface area contributed by atoms with Crippen LogP contribution in [0.3, 0.4) is 0 Å². The van der Waals surface area contributed by atoms with Gasteiger partial charge in [-0.15, -0.1) is 0 Å². The molecular weight excluding hydrogens is 320 g/mol. The molecule has 0 N–H and O–H groups in total. The van der Waals surface area contributed by atoms with E-state index in [0.29, 0.717) is 13.2 Å². The van der Waals surface area contributed by atoms with Gasteiger partial charge < -0.3 is 19.1 Å². The molecule has 6 heteroatoms. The van der Waals surface area contributed by atoms with E-state index in [1.165, 1.54) is 0 Å². The molecule has 0 saturated carbocycles. The molecule has 2 fully saturated rings. The molecule has 1 amide bonds. The van der Waals surface area contributed by atoms with Gasteiger partial charge in [0.25, 0.3) is 5.91 Å². The minimum Gasteiger partial charge on any atom is -0.494 e. The van der Waals surface area contributed by atoms with Gasteiger partial charge in [-0.3, -0.25) is 9.69 Å². The number of amides is 1. The van der Waals surface area contributed by atoms with Crippen molar-refractivity contribution in [2.75, 3.05) is 52.5 Å². The van der Waals surface area contributed by atoms with Crippen LogP contribution in [0.1, 0.15) is 19.8 Å². The number of benzene rings is 1. The van der Waals surface area contributed by atoms with Crippen LogP contribution in [0.4, 0.5) is 0 Å². The Morgan fingerprint density at radius 1 is 1.12 bits per heavy atom. The molecule has 1 atom stereocenters. The van der Waals surface area contributed by atoms with Gasteiger partial charge in [0, 0.05) is 39.3 Å². The van der Waals surface area contributed by atoms with E-state index in [-0.39, 0.29) is 12.0 Å². The lowest BCUT2D eigenvalue weighted by atomic mass is 10.2. The van der Waals surface area contributed by atoms with Gasteiger partial charge >= 0.3 is 0 Å². The third-order valence-electron chi connectivity index (χ3n) is 4.70.